The summed E-state index contributed by atoms with van der Waals surface area (Å²) >= 11 is 0. The van der Waals surface area contributed by atoms with E-state index >= 15 is 0 Å². The van der Waals surface area contributed by atoms with Crippen LogP contribution in [0.1, 0.15) is 98.8 Å². The largest absolute Gasteiger partial charge is 0.479 e. The molecule has 0 aromatic carbocycles. The normalized spacial score (nSPS) is 44.8. The highest BCUT2D eigenvalue weighted by atomic mass is 32.3. The summed E-state index contributed by atoms with van der Waals surface area (Å²) in [5.41, 5.74) is 1.54. The highest BCUT2D eigenvalue weighted by molar-refractivity contribution is 7.80. The molecule has 258 valence electrons. The molecular formula is C33H54O11S. The summed E-state index contributed by atoms with van der Waals surface area (Å²) in [6.07, 6.45) is 2.81. The van der Waals surface area contributed by atoms with Crippen LogP contribution in [-0.2, 0) is 28.9 Å². The van der Waals surface area contributed by atoms with Crippen molar-refractivity contribution in [1.82, 2.24) is 0 Å². The highest BCUT2D eigenvalue weighted by Gasteiger charge is 2.59. The van der Waals surface area contributed by atoms with Crippen molar-refractivity contribution in [1.29, 1.82) is 0 Å². The first-order valence-corrected chi connectivity index (χ1v) is 18.3. The number of aliphatic hydroxyl groups excluding tert-OH is 3. The van der Waals surface area contributed by atoms with Crippen molar-refractivity contribution in [3.05, 3.63) is 11.6 Å². The van der Waals surface area contributed by atoms with Gasteiger partial charge in [0.05, 0.1) is 12.2 Å². The smallest absolute Gasteiger partial charge is 0.397 e. The lowest BCUT2D eigenvalue weighted by atomic mass is 9.47. The Morgan fingerprint density at radius 2 is 1.71 bits per heavy atom. The molecule has 1 saturated heterocycles. The van der Waals surface area contributed by atoms with Crippen LogP contribution in [0.15, 0.2) is 11.6 Å². The molecule has 5 rings (SSSR count). The Kier molecular flexibility index (Phi) is 10.2. The highest BCUT2D eigenvalue weighted by Crippen LogP contribution is 2.67. The second-order valence-corrected chi connectivity index (χ2v) is 16.6. The molecule has 4 fully saturated rings. The number of hydrogen-bond donors (Lipinski definition) is 5. The Bertz CT molecular complexity index is 1220. The molecule has 0 aromatic rings. The minimum Gasteiger partial charge on any atom is -0.479 e. The first kappa shape index (κ1) is 35.2. The predicted molar refractivity (Wildman–Crippen MR) is 164 cm³/mol. The number of hydrogen-bond acceptors (Lipinski definition) is 9. The number of carboxylic acid groups (broad SMARTS) is 1. The number of carbonyl (C=O) groups is 1. The van der Waals surface area contributed by atoms with Crippen molar-refractivity contribution in [2.24, 2.45) is 46.3 Å². The lowest BCUT2D eigenvalue weighted by molar-refractivity contribution is -0.308. The van der Waals surface area contributed by atoms with E-state index in [4.69, 9.17) is 13.7 Å². The molecule has 3 saturated carbocycles. The first-order valence-electron chi connectivity index (χ1n) is 16.9. The lowest BCUT2D eigenvalue weighted by Crippen LogP contribution is -2.61. The number of rotatable bonds is 10. The zero-order valence-corrected chi connectivity index (χ0v) is 28.1. The fraction of sp³-hybridized carbons (Fsp3) is 0.909. The van der Waals surface area contributed by atoms with Crippen molar-refractivity contribution < 1.29 is 51.8 Å². The number of fused-ring (bicyclic) bond motifs is 5. The maximum absolute atomic E-state index is 11.6. The van der Waals surface area contributed by atoms with Crippen LogP contribution in [0.3, 0.4) is 0 Å². The third kappa shape index (κ3) is 6.77. The number of allylic oxidation sites excluding steroid dienone is 1. The summed E-state index contributed by atoms with van der Waals surface area (Å²) in [6.45, 7) is 11.2. The van der Waals surface area contributed by atoms with Crippen LogP contribution in [0, 0.1) is 46.3 Å². The molecular weight excluding hydrogens is 604 g/mol. The molecule has 5 N–H and O–H groups in total. The molecule has 3 unspecified atom stereocenters. The van der Waals surface area contributed by atoms with Crippen molar-refractivity contribution in [3.63, 3.8) is 0 Å². The Morgan fingerprint density at radius 1 is 1.00 bits per heavy atom. The van der Waals surface area contributed by atoms with Gasteiger partial charge in [0.1, 0.15) is 18.3 Å². The monoisotopic (exact) mass is 658 g/mol. The van der Waals surface area contributed by atoms with Crippen LogP contribution in [-0.4, -0.2) is 82.3 Å². The molecule has 0 spiro atoms. The second kappa shape index (κ2) is 13.1. The summed E-state index contributed by atoms with van der Waals surface area (Å²) in [7, 11) is -4.47. The minimum absolute atomic E-state index is 0.0316. The number of aliphatic carboxylic acids is 1. The van der Waals surface area contributed by atoms with Gasteiger partial charge < -0.3 is 29.9 Å². The van der Waals surface area contributed by atoms with Crippen LogP contribution in [0.4, 0.5) is 0 Å². The summed E-state index contributed by atoms with van der Waals surface area (Å²) in [5.74, 6) is 1.38. The van der Waals surface area contributed by atoms with Crippen LogP contribution < -0.4 is 0 Å². The van der Waals surface area contributed by atoms with E-state index in [2.05, 4.69) is 26.8 Å². The van der Waals surface area contributed by atoms with Crippen LogP contribution in [0.2, 0.25) is 0 Å². The standard InChI is InChI=1S/C33H54O11S/c1-17(2)25(42-31-28(36)26(34)27(35)29(43-31)30(37)38)11-6-18(3)22-9-10-23-21-8-7-19-16-20(44-45(39,40)41)12-14-32(19,4)24(21)13-15-33(22,23)5/h7,17-18,20-29,31,34-36H,6,8-16H2,1-5H3,(H,37,38)(H,39,40,41)/t18-,20?,21+,22-,23+,24+,25?,26+,27+,28-,29+,31?,32+,33-/m1/s1. The van der Waals surface area contributed by atoms with E-state index in [-0.39, 0.29) is 22.9 Å². The van der Waals surface area contributed by atoms with Crippen LogP contribution >= 0.6 is 0 Å². The average Bonchev–Trinajstić information content (AvgIpc) is 3.31. The molecule has 14 atom stereocenters. The van der Waals surface area contributed by atoms with Gasteiger partial charge in [-0.05, 0) is 111 Å². The molecule has 1 heterocycles. The van der Waals surface area contributed by atoms with Crippen molar-refractivity contribution in [2.75, 3.05) is 0 Å². The third-order valence-corrected chi connectivity index (χ3v) is 13.4. The number of ether oxygens (including phenoxy) is 2. The quantitative estimate of drug-likeness (QED) is 0.168. The van der Waals surface area contributed by atoms with Gasteiger partial charge in [-0.2, -0.15) is 8.42 Å². The molecule has 11 nitrogen and oxygen atoms in total. The first-order chi connectivity index (χ1) is 21.0. The molecule has 12 heteroatoms. The van der Waals surface area contributed by atoms with E-state index in [1.54, 1.807) is 0 Å². The Morgan fingerprint density at radius 3 is 2.36 bits per heavy atom. The molecule has 0 bridgehead atoms. The predicted octanol–water partition coefficient (Wildman–Crippen LogP) is 4.10. The van der Waals surface area contributed by atoms with Gasteiger partial charge in [-0.15, -0.1) is 0 Å². The van der Waals surface area contributed by atoms with Gasteiger partial charge in [-0.25, -0.2) is 8.98 Å². The van der Waals surface area contributed by atoms with Gasteiger partial charge in [0.2, 0.25) is 0 Å². The number of aliphatic hydroxyl groups is 3. The second-order valence-electron chi connectivity index (χ2n) is 15.6. The Labute approximate surface area is 267 Å². The topological polar surface area (TPSA) is 180 Å². The zero-order chi connectivity index (χ0) is 33.1. The molecule has 45 heavy (non-hydrogen) atoms. The summed E-state index contributed by atoms with van der Waals surface area (Å²) in [4.78, 5) is 11.6. The van der Waals surface area contributed by atoms with E-state index in [0.717, 1.165) is 32.1 Å². The van der Waals surface area contributed by atoms with E-state index in [0.29, 0.717) is 48.9 Å². The molecule has 0 radical (unpaired) electrons. The zero-order valence-electron chi connectivity index (χ0n) is 27.2. The minimum atomic E-state index is -4.47. The fourth-order valence-electron chi connectivity index (χ4n) is 10.4. The van der Waals surface area contributed by atoms with Gasteiger partial charge in [0.15, 0.2) is 12.4 Å². The average molecular weight is 659 g/mol. The molecule has 5 aliphatic rings. The van der Waals surface area contributed by atoms with E-state index in [9.17, 15) is 38.2 Å². The van der Waals surface area contributed by atoms with Crippen LogP contribution in [0.25, 0.3) is 0 Å². The Balaban J connectivity index is 1.22. The van der Waals surface area contributed by atoms with E-state index < -0.39 is 53.2 Å². The van der Waals surface area contributed by atoms with Crippen LogP contribution in [0.5, 0.6) is 0 Å². The van der Waals surface area contributed by atoms with E-state index in [1.807, 2.05) is 13.8 Å². The van der Waals surface area contributed by atoms with Gasteiger partial charge in [-0.3, -0.25) is 4.55 Å². The summed E-state index contributed by atoms with van der Waals surface area (Å²) in [6, 6.07) is 0. The van der Waals surface area contributed by atoms with Gasteiger partial charge in [-0.1, -0.05) is 46.3 Å². The van der Waals surface area contributed by atoms with Crippen molar-refractivity contribution in [3.8, 4) is 0 Å². The molecule has 4 aliphatic carbocycles. The summed E-state index contributed by atoms with van der Waals surface area (Å²) < 4.78 is 48.4. The lowest BCUT2D eigenvalue weighted by Gasteiger charge is -2.58. The molecule has 0 aromatic heterocycles. The maximum Gasteiger partial charge on any atom is 0.397 e. The SMILES string of the molecule is CC(C)C(CC[C@@H](C)[C@H]1CC[C@H]2[C@@H]3CC=C4CC(OS(=O)(=O)O)CC[C@]4(C)[C@H]3CC[C@]12C)OC1O[C@H](C(=O)O)[C@@H](O)[C@H](O)[C@H]1O. The summed E-state index contributed by atoms with van der Waals surface area (Å²) in [5, 5.41) is 40.2. The maximum atomic E-state index is 11.6. The number of carboxylic acids is 1. The van der Waals surface area contributed by atoms with E-state index in [1.165, 1.54) is 18.4 Å². The fourth-order valence-corrected chi connectivity index (χ4v) is 10.9. The van der Waals surface area contributed by atoms with Gasteiger partial charge in [0, 0.05) is 0 Å². The Hall–Kier alpha value is -1.12. The molecule has 1 aliphatic heterocycles. The van der Waals surface area contributed by atoms with Crippen molar-refractivity contribution >= 4 is 16.4 Å². The van der Waals surface area contributed by atoms with Gasteiger partial charge >= 0.3 is 16.4 Å². The molecule has 0 amide bonds. The van der Waals surface area contributed by atoms with Gasteiger partial charge in [0.25, 0.3) is 0 Å². The third-order valence-electron chi connectivity index (χ3n) is 12.8. The van der Waals surface area contributed by atoms with Crippen molar-refractivity contribution in [2.45, 2.75) is 142 Å².